The quantitative estimate of drug-likeness (QED) is 0.149. The molecule has 13 aromatic rings. The van der Waals surface area contributed by atoms with Crippen LogP contribution in [-0.2, 0) is 0 Å². The van der Waals surface area contributed by atoms with Crippen LogP contribution in [0.3, 0.4) is 0 Å². The van der Waals surface area contributed by atoms with Crippen molar-refractivity contribution in [1.82, 2.24) is 14.1 Å². The minimum absolute atomic E-state index is 0.114. The number of hydrogen-bond donors (Lipinski definition) is 0. The number of imidazole rings is 1. The van der Waals surface area contributed by atoms with E-state index in [0.717, 1.165) is 66.6 Å². The van der Waals surface area contributed by atoms with Gasteiger partial charge in [-0.3, -0.25) is 4.57 Å². The Morgan fingerprint density at radius 3 is 1.59 bits per heavy atom. The van der Waals surface area contributed by atoms with Crippen molar-refractivity contribution in [3.63, 3.8) is 0 Å². The first kappa shape index (κ1) is 31.5. The van der Waals surface area contributed by atoms with Gasteiger partial charge < -0.3 is 4.74 Å². The Labute approximate surface area is 425 Å². The van der Waals surface area contributed by atoms with Crippen molar-refractivity contribution in [2.75, 3.05) is 0 Å². The number of para-hydroxylation sites is 4. The Hall–Kier alpha value is -9.58. The van der Waals surface area contributed by atoms with Gasteiger partial charge in [0.05, 0.1) is 24.7 Å². The number of rotatable bonds is 7. The number of benzene rings is 10. The highest BCUT2D eigenvalue weighted by atomic mass is 16.5. The van der Waals surface area contributed by atoms with Gasteiger partial charge in [-0.25, -0.2) is 4.98 Å². The zero-order chi connectivity index (χ0) is 55.5. The summed E-state index contributed by atoms with van der Waals surface area (Å²) in [4.78, 5) is 5.26. The van der Waals surface area contributed by atoms with Crippen LogP contribution in [0.2, 0.25) is 0 Å². The lowest BCUT2D eigenvalue weighted by molar-refractivity contribution is -0.566. The van der Waals surface area contributed by atoms with E-state index in [1.165, 1.54) is 5.56 Å². The second-order valence-electron chi connectivity index (χ2n) is 17.4. The van der Waals surface area contributed by atoms with Gasteiger partial charge in [0.2, 0.25) is 0 Å². The van der Waals surface area contributed by atoms with Gasteiger partial charge in [0.15, 0.2) is 11.0 Å². The van der Waals surface area contributed by atoms with E-state index in [2.05, 4.69) is 102 Å². The van der Waals surface area contributed by atoms with Crippen molar-refractivity contribution < 1.29 is 23.0 Å². The van der Waals surface area contributed by atoms with Gasteiger partial charge in [-0.05, 0) is 98.6 Å². The molecule has 14 rings (SSSR count). The predicted molar refractivity (Wildman–Crippen MR) is 290 cm³/mol. The standard InChI is InChI=1S/C66H43N4O/c1-3-19-44(20-4-1)49-32-18-33-50(45-21-5-2-6-22-45)66(49)69-43-68(62-35-15-16-36-63(62)69)46-23-17-24-47(39-46)71-48-37-38-58-57-31-13-14-34-61(57)70(64(58)40-48)65-41-59-55-29-11-9-27-53(55)51-25-7-8-26-52(51)54-28-10-12-30-56(54)60(59)42-67-65/h1-43H/q+1/i1D,2D,3D,4D,5D,6D,19D,20D,21D,22D. The van der Waals surface area contributed by atoms with Gasteiger partial charge in [-0.15, -0.1) is 0 Å². The highest BCUT2D eigenvalue weighted by Crippen LogP contribution is 2.48. The minimum Gasteiger partial charge on any atom is -0.457 e. The first-order valence-corrected chi connectivity index (χ1v) is 23.3. The zero-order valence-corrected chi connectivity index (χ0v) is 37.7. The molecule has 0 bridgehead atoms. The fourth-order valence-corrected chi connectivity index (χ4v) is 10.4. The largest absolute Gasteiger partial charge is 0.457 e. The van der Waals surface area contributed by atoms with Gasteiger partial charge >= 0.3 is 0 Å². The number of hydrogen-bond acceptors (Lipinski definition) is 2. The highest BCUT2D eigenvalue weighted by Gasteiger charge is 2.26. The normalized spacial score (nSPS) is 13.6. The van der Waals surface area contributed by atoms with Crippen LogP contribution < -0.4 is 9.30 Å². The molecule has 332 valence electrons. The van der Waals surface area contributed by atoms with Crippen molar-refractivity contribution in [1.29, 1.82) is 0 Å². The second-order valence-corrected chi connectivity index (χ2v) is 17.4. The van der Waals surface area contributed by atoms with Crippen LogP contribution in [0.25, 0.3) is 117 Å². The van der Waals surface area contributed by atoms with E-state index >= 15 is 0 Å². The van der Waals surface area contributed by atoms with Crippen LogP contribution in [0, 0.1) is 0 Å². The highest BCUT2D eigenvalue weighted by molar-refractivity contribution is 6.10. The Bertz CT molecular complexity index is 4680. The average Bonchev–Trinajstić information content (AvgIpc) is 4.13. The molecule has 3 aromatic heterocycles. The van der Waals surface area contributed by atoms with Gasteiger partial charge in [-0.2, -0.15) is 9.13 Å². The van der Waals surface area contributed by atoms with Gasteiger partial charge in [0.1, 0.15) is 28.7 Å². The summed E-state index contributed by atoms with van der Waals surface area (Å²) in [5, 5.41) is 2.08. The third kappa shape index (κ3) is 6.70. The summed E-state index contributed by atoms with van der Waals surface area (Å²) in [6, 6.07) is 57.0. The number of pyridine rings is 1. The maximum absolute atomic E-state index is 9.08. The van der Waals surface area contributed by atoms with Crippen molar-refractivity contribution in [2.45, 2.75) is 0 Å². The van der Waals surface area contributed by atoms with Crippen molar-refractivity contribution in [2.24, 2.45) is 0 Å². The number of fused-ring (bicyclic) bond motifs is 12. The molecule has 1 aliphatic carbocycles. The third-order valence-electron chi connectivity index (χ3n) is 13.5. The lowest BCUT2D eigenvalue weighted by atomic mass is 9.81. The zero-order valence-electron chi connectivity index (χ0n) is 47.7. The molecule has 0 spiro atoms. The molecule has 10 aromatic carbocycles. The average molecular weight is 918 g/mol. The molecule has 5 nitrogen and oxygen atoms in total. The molecule has 3 heterocycles. The van der Waals surface area contributed by atoms with Crippen molar-refractivity contribution in [3.05, 3.63) is 261 Å². The smallest absolute Gasteiger partial charge is 0.255 e. The number of ether oxygens (including phenoxy) is 1. The molecule has 0 saturated carbocycles. The first-order valence-electron chi connectivity index (χ1n) is 28.3. The summed E-state index contributed by atoms with van der Waals surface area (Å²) >= 11 is 0. The molecule has 5 heteroatoms. The van der Waals surface area contributed by atoms with E-state index in [1.807, 2.05) is 83.6 Å². The summed E-state index contributed by atoms with van der Waals surface area (Å²) in [5.74, 6) is 1.85. The maximum atomic E-state index is 9.08. The molecule has 0 aliphatic heterocycles. The van der Waals surface area contributed by atoms with Crippen LogP contribution in [0.1, 0.15) is 13.7 Å². The van der Waals surface area contributed by atoms with Crippen LogP contribution >= 0.6 is 0 Å². The molecular weight excluding hydrogens is 865 g/mol. The molecule has 1 aliphatic rings. The van der Waals surface area contributed by atoms with E-state index in [1.54, 1.807) is 29.1 Å². The number of aromatic nitrogens is 4. The lowest BCUT2D eigenvalue weighted by Crippen LogP contribution is -2.30. The molecular formula is C66H43N4O+. The third-order valence-corrected chi connectivity index (χ3v) is 13.5. The van der Waals surface area contributed by atoms with E-state index in [-0.39, 0.29) is 27.9 Å². The van der Waals surface area contributed by atoms with Gasteiger partial charge in [0.25, 0.3) is 6.33 Å². The monoisotopic (exact) mass is 917 g/mol. The lowest BCUT2D eigenvalue weighted by Gasteiger charge is -2.23. The number of nitrogens with zero attached hydrogens (tertiary/aromatic N) is 4. The Balaban J connectivity index is 0.908. The summed E-state index contributed by atoms with van der Waals surface area (Å²) in [7, 11) is 0. The summed E-state index contributed by atoms with van der Waals surface area (Å²) < 4.78 is 100. The van der Waals surface area contributed by atoms with Crippen LogP contribution in [0.15, 0.2) is 261 Å². The van der Waals surface area contributed by atoms with E-state index < -0.39 is 60.4 Å². The molecule has 0 unspecified atom stereocenters. The maximum Gasteiger partial charge on any atom is 0.255 e. The van der Waals surface area contributed by atoms with Crippen molar-refractivity contribution in [3.8, 4) is 95.5 Å². The Morgan fingerprint density at radius 2 is 0.930 bits per heavy atom. The SMILES string of the molecule is [2H]c1c([2H])c([2H])c(-c2cccc(-c3c([2H])c([2H])c([2H])c([2H])c3[2H])c2-[n+]2cn(-c3cccc(Oc4ccc5c6ccccc6n(-c6cc7c(cn6)-c6ccccc6-c6ccccc6-c6ccccc6-7)c5c4)c3)c3ccccc32)c([2H])c1[2H]. The van der Waals surface area contributed by atoms with E-state index in [9.17, 15) is 0 Å². The van der Waals surface area contributed by atoms with Crippen LogP contribution in [0.5, 0.6) is 11.5 Å². The summed E-state index contributed by atoms with van der Waals surface area (Å²) in [6.45, 7) is 0. The molecule has 0 saturated heterocycles. The predicted octanol–water partition coefficient (Wildman–Crippen LogP) is 16.5. The molecule has 0 amide bonds. The fourth-order valence-electron chi connectivity index (χ4n) is 10.4. The van der Waals surface area contributed by atoms with Crippen LogP contribution in [-0.4, -0.2) is 14.1 Å². The van der Waals surface area contributed by atoms with Gasteiger partial charge in [0, 0.05) is 45.8 Å². The summed E-state index contributed by atoms with van der Waals surface area (Å²) in [6.07, 6.45) is 3.78. The van der Waals surface area contributed by atoms with Gasteiger partial charge in [-0.1, -0.05) is 188 Å². The topological polar surface area (TPSA) is 35.9 Å². The second kappa shape index (κ2) is 16.6. The fraction of sp³-hybridized carbons (Fsp3) is 0. The molecule has 0 fully saturated rings. The van der Waals surface area contributed by atoms with Crippen molar-refractivity contribution >= 4 is 32.8 Å². The molecule has 71 heavy (non-hydrogen) atoms. The van der Waals surface area contributed by atoms with E-state index in [4.69, 9.17) is 23.4 Å². The minimum atomic E-state index is -0.562. The Kier molecular flexibility index (Phi) is 7.35. The van der Waals surface area contributed by atoms with Crippen LogP contribution in [0.4, 0.5) is 0 Å². The summed E-state index contributed by atoms with van der Waals surface area (Å²) in [5.41, 5.74) is 13.2. The molecule has 0 radical (unpaired) electrons. The molecule has 0 N–H and O–H groups in total. The first-order chi connectivity index (χ1) is 39.4. The Morgan fingerprint density at radius 1 is 0.408 bits per heavy atom. The molecule has 0 atom stereocenters. The van der Waals surface area contributed by atoms with E-state index in [0.29, 0.717) is 28.2 Å².